The summed E-state index contributed by atoms with van der Waals surface area (Å²) in [7, 11) is -3.99. The summed E-state index contributed by atoms with van der Waals surface area (Å²) >= 11 is 0. The summed E-state index contributed by atoms with van der Waals surface area (Å²) in [4.78, 5) is 47.2. The van der Waals surface area contributed by atoms with Crippen LogP contribution in [-0.4, -0.2) is 68.7 Å². The number of benzene rings is 1. The van der Waals surface area contributed by atoms with Crippen LogP contribution < -0.4 is 5.32 Å². The third kappa shape index (κ3) is 7.64. The lowest BCUT2D eigenvalue weighted by Gasteiger charge is -2.33. The van der Waals surface area contributed by atoms with E-state index < -0.39 is 34.5 Å². The van der Waals surface area contributed by atoms with Crippen molar-refractivity contribution in [2.75, 3.05) is 26.3 Å². The molecule has 0 radical (unpaired) electrons. The van der Waals surface area contributed by atoms with Gasteiger partial charge < -0.3 is 14.8 Å². The van der Waals surface area contributed by atoms with Gasteiger partial charge in [0.2, 0.25) is 10.0 Å². The van der Waals surface area contributed by atoms with Crippen molar-refractivity contribution in [1.29, 1.82) is 0 Å². The van der Waals surface area contributed by atoms with Gasteiger partial charge in [0.15, 0.2) is 12.4 Å². The van der Waals surface area contributed by atoms with Gasteiger partial charge in [0.1, 0.15) is 6.04 Å². The molecule has 10 nitrogen and oxygen atoms in total. The van der Waals surface area contributed by atoms with Gasteiger partial charge in [-0.05, 0) is 51.7 Å². The Kier molecular flexibility index (Phi) is 9.98. The van der Waals surface area contributed by atoms with E-state index in [1.165, 1.54) is 31.2 Å². The van der Waals surface area contributed by atoms with Crippen molar-refractivity contribution in [3.8, 4) is 0 Å². The van der Waals surface area contributed by atoms with Crippen molar-refractivity contribution in [1.82, 2.24) is 9.62 Å². The molecule has 182 valence electrons. The van der Waals surface area contributed by atoms with E-state index in [2.05, 4.69) is 5.32 Å². The Balaban J connectivity index is 1.93. The summed E-state index contributed by atoms with van der Waals surface area (Å²) in [5.41, 5.74) is 0.386. The van der Waals surface area contributed by atoms with E-state index in [0.717, 1.165) is 4.31 Å². The van der Waals surface area contributed by atoms with E-state index >= 15 is 0 Å². The van der Waals surface area contributed by atoms with E-state index in [4.69, 9.17) is 9.47 Å². The zero-order valence-electron chi connectivity index (χ0n) is 18.9. The van der Waals surface area contributed by atoms with Crippen LogP contribution in [-0.2, 0) is 33.9 Å². The van der Waals surface area contributed by atoms with Crippen molar-refractivity contribution in [2.24, 2.45) is 0 Å². The second-order valence-electron chi connectivity index (χ2n) is 7.57. The molecule has 1 saturated heterocycles. The summed E-state index contributed by atoms with van der Waals surface area (Å²) < 4.78 is 37.2. The number of nitrogens with one attached hydrogen (secondary N) is 1. The fourth-order valence-electron chi connectivity index (χ4n) is 3.40. The fourth-order valence-corrected chi connectivity index (χ4v) is 5.05. The van der Waals surface area contributed by atoms with Gasteiger partial charge in [-0.3, -0.25) is 19.2 Å². The summed E-state index contributed by atoms with van der Waals surface area (Å²) in [6, 6.07) is 4.50. The van der Waals surface area contributed by atoms with E-state index in [1.807, 2.05) is 0 Å². The van der Waals surface area contributed by atoms with Crippen LogP contribution in [0.25, 0.3) is 0 Å². The monoisotopic (exact) mass is 482 g/mol. The first-order chi connectivity index (χ1) is 15.7. The highest BCUT2D eigenvalue weighted by Gasteiger charge is 2.38. The average molecular weight is 483 g/mol. The largest absolute Gasteiger partial charge is 0.466 e. The molecule has 1 unspecified atom stereocenters. The molecule has 0 spiro atoms. The predicted octanol–water partition coefficient (Wildman–Crippen LogP) is 1.44. The fraction of sp³-hybridized carbons (Fsp3) is 0.545. The highest BCUT2D eigenvalue weighted by Crippen LogP contribution is 2.26. The average Bonchev–Trinajstić information content (AvgIpc) is 2.80. The molecule has 1 amide bonds. The highest BCUT2D eigenvalue weighted by molar-refractivity contribution is 7.89. The van der Waals surface area contributed by atoms with Gasteiger partial charge in [0, 0.05) is 25.1 Å². The molecule has 1 aromatic rings. The molecule has 1 fully saturated rings. The minimum Gasteiger partial charge on any atom is -0.466 e. The Bertz CT molecular complexity index is 959. The molecular weight excluding hydrogens is 452 g/mol. The molecule has 1 atom stereocenters. The summed E-state index contributed by atoms with van der Waals surface area (Å²) in [5, 5.41) is 2.54. The molecule has 0 bridgehead atoms. The maximum Gasteiger partial charge on any atom is 0.324 e. The molecule has 1 heterocycles. The maximum absolute atomic E-state index is 13.1. The molecule has 11 heteroatoms. The minimum absolute atomic E-state index is 0.0217. The normalized spacial score (nSPS) is 16.6. The third-order valence-corrected chi connectivity index (χ3v) is 7.05. The van der Waals surface area contributed by atoms with Gasteiger partial charge in [0.25, 0.3) is 5.91 Å². The number of rotatable bonds is 11. The van der Waals surface area contributed by atoms with Gasteiger partial charge in [-0.15, -0.1) is 0 Å². The lowest BCUT2D eigenvalue weighted by atomic mass is 10.1. The van der Waals surface area contributed by atoms with Crippen LogP contribution in [0, 0.1) is 0 Å². The Hall–Kier alpha value is -2.79. The second kappa shape index (κ2) is 12.4. The molecule has 0 saturated carbocycles. The first kappa shape index (κ1) is 26.5. The number of carbonyl (C=O) groups excluding carboxylic acids is 4. The molecule has 2 rings (SSSR count). The molecule has 1 aliphatic rings. The molecule has 1 N–H and O–H groups in total. The third-order valence-electron chi connectivity index (χ3n) is 5.12. The first-order valence-corrected chi connectivity index (χ1v) is 12.3. The number of hydrogen-bond acceptors (Lipinski definition) is 8. The van der Waals surface area contributed by atoms with E-state index in [-0.39, 0.29) is 42.6 Å². The number of carbonyl (C=O) groups is 4. The van der Waals surface area contributed by atoms with Crippen LogP contribution in [0.3, 0.4) is 0 Å². The SMILES string of the molecule is CCOC(=O)CCCNC(=O)COC(=O)C1CCCCN1S(=O)(=O)c1ccc(C(C)=O)cc1. The zero-order valence-corrected chi connectivity index (χ0v) is 19.7. The first-order valence-electron chi connectivity index (χ1n) is 10.9. The van der Waals surface area contributed by atoms with Crippen molar-refractivity contribution < 1.29 is 37.1 Å². The Morgan fingerprint density at radius 2 is 1.79 bits per heavy atom. The number of piperidine rings is 1. The number of esters is 2. The number of Topliss-reactive ketones (excluding diaryl/α,β-unsaturated/α-hetero) is 1. The number of ether oxygens (including phenoxy) is 2. The lowest BCUT2D eigenvalue weighted by Crippen LogP contribution is -2.49. The Morgan fingerprint density at radius 3 is 2.42 bits per heavy atom. The van der Waals surface area contributed by atoms with Crippen LogP contribution in [0.2, 0.25) is 0 Å². The molecular formula is C22H30N2O8S. The van der Waals surface area contributed by atoms with Crippen LogP contribution in [0.1, 0.15) is 56.3 Å². The maximum atomic E-state index is 13.1. The minimum atomic E-state index is -3.99. The van der Waals surface area contributed by atoms with Crippen LogP contribution in [0.15, 0.2) is 29.2 Å². The Labute approximate surface area is 193 Å². The van der Waals surface area contributed by atoms with Gasteiger partial charge >= 0.3 is 11.9 Å². The summed E-state index contributed by atoms with van der Waals surface area (Å²) in [6.45, 7) is 3.20. The second-order valence-corrected chi connectivity index (χ2v) is 9.46. The molecule has 0 aliphatic carbocycles. The summed E-state index contributed by atoms with van der Waals surface area (Å²) in [6.07, 6.45) is 2.07. The van der Waals surface area contributed by atoms with Crippen LogP contribution >= 0.6 is 0 Å². The quantitative estimate of drug-likeness (QED) is 0.284. The number of amides is 1. The molecule has 33 heavy (non-hydrogen) atoms. The molecule has 0 aromatic heterocycles. The predicted molar refractivity (Wildman–Crippen MR) is 118 cm³/mol. The number of sulfonamides is 1. The van der Waals surface area contributed by atoms with E-state index in [9.17, 15) is 27.6 Å². The highest BCUT2D eigenvalue weighted by atomic mass is 32.2. The van der Waals surface area contributed by atoms with Crippen molar-refractivity contribution in [3.63, 3.8) is 0 Å². The van der Waals surface area contributed by atoms with Crippen LogP contribution in [0.4, 0.5) is 0 Å². The zero-order chi connectivity index (χ0) is 24.4. The standard InChI is InChI=1S/C22H30N2O8S/c1-3-31-21(27)8-6-13-23-20(26)15-32-22(28)19-7-4-5-14-24(19)33(29,30)18-11-9-17(10-12-18)16(2)25/h9-12,19H,3-8,13-15H2,1-2H3,(H,23,26). The van der Waals surface area contributed by atoms with E-state index in [1.54, 1.807) is 6.92 Å². The van der Waals surface area contributed by atoms with Crippen molar-refractivity contribution >= 4 is 33.7 Å². The van der Waals surface area contributed by atoms with E-state index in [0.29, 0.717) is 31.4 Å². The van der Waals surface area contributed by atoms with Gasteiger partial charge in [0.05, 0.1) is 11.5 Å². The number of ketones is 1. The van der Waals surface area contributed by atoms with Crippen molar-refractivity contribution in [2.45, 2.75) is 56.9 Å². The molecule has 1 aromatic carbocycles. The smallest absolute Gasteiger partial charge is 0.324 e. The number of hydrogen-bond donors (Lipinski definition) is 1. The van der Waals surface area contributed by atoms with Crippen LogP contribution in [0.5, 0.6) is 0 Å². The number of nitrogens with zero attached hydrogens (tertiary/aromatic N) is 1. The lowest BCUT2D eigenvalue weighted by molar-refractivity contribution is -0.153. The summed E-state index contributed by atoms with van der Waals surface area (Å²) in [5.74, 6) is -1.87. The Morgan fingerprint density at radius 1 is 1.09 bits per heavy atom. The molecule has 1 aliphatic heterocycles. The van der Waals surface area contributed by atoms with Gasteiger partial charge in [-0.25, -0.2) is 8.42 Å². The van der Waals surface area contributed by atoms with Gasteiger partial charge in [-0.2, -0.15) is 4.31 Å². The topological polar surface area (TPSA) is 136 Å². The van der Waals surface area contributed by atoms with Gasteiger partial charge in [-0.1, -0.05) is 12.1 Å². The van der Waals surface area contributed by atoms with Crippen molar-refractivity contribution in [3.05, 3.63) is 29.8 Å².